The van der Waals surface area contributed by atoms with Gasteiger partial charge >= 0.3 is 0 Å². The third-order valence-corrected chi connectivity index (χ3v) is 5.77. The molecule has 0 aliphatic rings. The minimum atomic E-state index is -3.84. The molecule has 1 aromatic heterocycles. The lowest BCUT2D eigenvalue weighted by molar-refractivity contribution is 0.265. The maximum Gasteiger partial charge on any atom is 0.264 e. The van der Waals surface area contributed by atoms with E-state index in [2.05, 4.69) is 9.71 Å². The summed E-state index contributed by atoms with van der Waals surface area (Å²) in [5, 5.41) is 0.599. The van der Waals surface area contributed by atoms with E-state index in [-0.39, 0.29) is 23.3 Å². The number of nitrogens with zero attached hydrogens (tertiary/aromatic N) is 1. The summed E-state index contributed by atoms with van der Waals surface area (Å²) >= 11 is 5.88. The van der Waals surface area contributed by atoms with Gasteiger partial charge in [-0.3, -0.25) is 0 Å². The molecule has 0 radical (unpaired) electrons. The van der Waals surface area contributed by atoms with Gasteiger partial charge < -0.3 is 9.15 Å². The Balaban J connectivity index is 1.63. The van der Waals surface area contributed by atoms with E-state index in [4.69, 9.17) is 20.8 Å². The molecule has 0 spiro atoms. The largest absolute Gasteiger partial charge is 0.484 e. The van der Waals surface area contributed by atoms with Crippen molar-refractivity contribution in [3.63, 3.8) is 0 Å². The zero-order chi connectivity index (χ0) is 21.0. The molecule has 1 N–H and O–H groups in total. The lowest BCUT2D eigenvalue weighted by Crippen LogP contribution is -2.12. The van der Waals surface area contributed by atoms with Crippen LogP contribution in [0.25, 0.3) is 11.3 Å². The van der Waals surface area contributed by atoms with Crippen LogP contribution in [-0.4, -0.2) is 13.4 Å². The van der Waals surface area contributed by atoms with Crippen LogP contribution in [0.3, 0.4) is 0 Å². The summed E-state index contributed by atoms with van der Waals surface area (Å²) in [4.78, 5) is 4.57. The van der Waals surface area contributed by atoms with E-state index in [1.165, 1.54) is 12.1 Å². The molecule has 4 rings (SSSR count). The Bertz CT molecular complexity index is 1230. The Morgan fingerprint density at radius 1 is 0.900 bits per heavy atom. The van der Waals surface area contributed by atoms with Crippen molar-refractivity contribution in [3.05, 3.63) is 95.8 Å². The number of hydrogen-bond donors (Lipinski definition) is 1. The summed E-state index contributed by atoms with van der Waals surface area (Å²) in [5.74, 6) is 0.847. The summed E-state index contributed by atoms with van der Waals surface area (Å²) in [6.07, 6.45) is 0. The third kappa shape index (κ3) is 4.64. The number of anilines is 1. The van der Waals surface area contributed by atoms with Crippen LogP contribution in [0.15, 0.2) is 94.2 Å². The van der Waals surface area contributed by atoms with Gasteiger partial charge in [0.25, 0.3) is 10.0 Å². The smallest absolute Gasteiger partial charge is 0.264 e. The van der Waals surface area contributed by atoms with Crippen molar-refractivity contribution in [1.82, 2.24) is 4.98 Å². The predicted molar refractivity (Wildman–Crippen MR) is 115 cm³/mol. The number of ether oxygens (including phenoxy) is 1. The maximum atomic E-state index is 12.8. The molecule has 6 nitrogen and oxygen atoms in total. The van der Waals surface area contributed by atoms with Gasteiger partial charge in [-0.2, -0.15) is 0 Å². The summed E-state index contributed by atoms with van der Waals surface area (Å²) in [5.41, 5.74) is 1.09. The zero-order valence-electron chi connectivity index (χ0n) is 15.7. The van der Waals surface area contributed by atoms with Gasteiger partial charge in [0.1, 0.15) is 11.4 Å². The molecule has 0 aliphatic heterocycles. The Labute approximate surface area is 179 Å². The van der Waals surface area contributed by atoms with Crippen LogP contribution < -0.4 is 9.46 Å². The maximum absolute atomic E-state index is 12.8. The molecule has 152 valence electrons. The molecule has 0 unspecified atom stereocenters. The van der Waals surface area contributed by atoms with Crippen molar-refractivity contribution in [2.45, 2.75) is 11.5 Å². The summed E-state index contributed by atoms with van der Waals surface area (Å²) in [6, 6.07) is 24.1. The van der Waals surface area contributed by atoms with E-state index in [1.807, 2.05) is 30.3 Å². The quantitative estimate of drug-likeness (QED) is 0.417. The normalized spacial score (nSPS) is 11.2. The highest BCUT2D eigenvalue weighted by Crippen LogP contribution is 2.31. The van der Waals surface area contributed by atoms with Crippen molar-refractivity contribution >= 4 is 27.5 Å². The molecule has 0 aliphatic carbocycles. The molecule has 1 heterocycles. The van der Waals surface area contributed by atoms with E-state index in [1.54, 1.807) is 42.5 Å². The van der Waals surface area contributed by atoms with Crippen molar-refractivity contribution in [1.29, 1.82) is 0 Å². The lowest BCUT2D eigenvalue weighted by Gasteiger charge is -2.06. The van der Waals surface area contributed by atoms with E-state index >= 15 is 0 Å². The Morgan fingerprint density at radius 2 is 1.53 bits per heavy atom. The van der Waals surface area contributed by atoms with Crippen LogP contribution in [-0.2, 0) is 16.6 Å². The molecule has 0 saturated heterocycles. The number of benzene rings is 3. The second-order valence-corrected chi connectivity index (χ2v) is 8.43. The molecule has 3 aromatic carbocycles. The van der Waals surface area contributed by atoms with Crippen molar-refractivity contribution in [3.8, 4) is 17.0 Å². The minimum absolute atomic E-state index is 0.0224. The van der Waals surface area contributed by atoms with Gasteiger partial charge in [-0.25, -0.2) is 18.1 Å². The number of sulfonamides is 1. The highest BCUT2D eigenvalue weighted by atomic mass is 35.5. The Kier molecular flexibility index (Phi) is 5.74. The van der Waals surface area contributed by atoms with E-state index in [0.29, 0.717) is 22.0 Å². The van der Waals surface area contributed by atoms with E-state index in [0.717, 1.165) is 0 Å². The number of nitrogens with one attached hydrogen (secondary N) is 1. The van der Waals surface area contributed by atoms with Gasteiger partial charge in [-0.15, -0.1) is 0 Å². The van der Waals surface area contributed by atoms with Crippen molar-refractivity contribution in [2.24, 2.45) is 0 Å². The first-order chi connectivity index (χ1) is 14.5. The number of rotatable bonds is 7. The van der Waals surface area contributed by atoms with Gasteiger partial charge in [0, 0.05) is 10.6 Å². The molecule has 4 aromatic rings. The molecule has 0 atom stereocenters. The predicted octanol–water partition coefficient (Wildman–Crippen LogP) is 5.37. The first-order valence-electron chi connectivity index (χ1n) is 9.03. The fourth-order valence-electron chi connectivity index (χ4n) is 2.74. The average Bonchev–Trinajstić information content (AvgIpc) is 3.16. The molecular weight excluding hydrogens is 424 g/mol. The molecular formula is C22H17ClN2O4S. The summed E-state index contributed by atoms with van der Waals surface area (Å²) < 4.78 is 39.4. The van der Waals surface area contributed by atoms with Gasteiger partial charge in [-0.05, 0) is 36.4 Å². The number of aromatic nitrogens is 1. The van der Waals surface area contributed by atoms with Crippen LogP contribution >= 0.6 is 11.6 Å². The molecule has 0 saturated carbocycles. The first-order valence-corrected chi connectivity index (χ1v) is 10.9. The minimum Gasteiger partial charge on any atom is -0.484 e. The van der Waals surface area contributed by atoms with Gasteiger partial charge in [-0.1, -0.05) is 60.1 Å². The van der Waals surface area contributed by atoms with Crippen molar-refractivity contribution < 1.29 is 17.6 Å². The van der Waals surface area contributed by atoms with Crippen LogP contribution in [0, 0.1) is 0 Å². The monoisotopic (exact) mass is 440 g/mol. The zero-order valence-corrected chi connectivity index (χ0v) is 17.2. The molecule has 30 heavy (non-hydrogen) atoms. The van der Waals surface area contributed by atoms with Gasteiger partial charge in [0.05, 0.1) is 4.90 Å². The third-order valence-electron chi connectivity index (χ3n) is 4.18. The fourth-order valence-corrected chi connectivity index (χ4v) is 3.89. The van der Waals surface area contributed by atoms with Gasteiger partial charge in [0.15, 0.2) is 6.61 Å². The first kappa shape index (κ1) is 20.0. The summed E-state index contributed by atoms with van der Waals surface area (Å²) in [6.45, 7) is 0.0224. The van der Waals surface area contributed by atoms with E-state index < -0.39 is 10.0 Å². The average molecular weight is 441 g/mol. The SMILES string of the molecule is O=S(=O)(Nc1oc(COc2ccc(Cl)cc2)nc1-c1ccccc1)c1ccccc1. The standard InChI is InChI=1S/C22H17ClN2O4S/c23-17-11-13-18(14-12-17)28-15-20-24-21(16-7-3-1-4-8-16)22(29-20)25-30(26,27)19-9-5-2-6-10-19/h1-14,25H,15H2. The molecule has 0 amide bonds. The number of halogens is 1. The van der Waals surface area contributed by atoms with Crippen molar-refractivity contribution in [2.75, 3.05) is 4.72 Å². The van der Waals surface area contributed by atoms with E-state index in [9.17, 15) is 8.42 Å². The molecule has 0 fully saturated rings. The summed E-state index contributed by atoms with van der Waals surface area (Å²) in [7, 11) is -3.84. The number of oxazole rings is 1. The Morgan fingerprint density at radius 3 is 2.20 bits per heavy atom. The number of hydrogen-bond acceptors (Lipinski definition) is 5. The topological polar surface area (TPSA) is 81.4 Å². The van der Waals surface area contributed by atoms with Crippen LogP contribution in [0.1, 0.15) is 5.89 Å². The second-order valence-electron chi connectivity index (χ2n) is 6.31. The fraction of sp³-hybridized carbons (Fsp3) is 0.0455. The van der Waals surface area contributed by atoms with Crippen LogP contribution in [0.4, 0.5) is 5.88 Å². The Hall–Kier alpha value is -3.29. The highest BCUT2D eigenvalue weighted by Gasteiger charge is 2.22. The molecule has 8 heteroatoms. The second kappa shape index (κ2) is 8.61. The van der Waals surface area contributed by atoms with Crippen LogP contribution in [0.2, 0.25) is 5.02 Å². The van der Waals surface area contributed by atoms with Gasteiger partial charge in [0.2, 0.25) is 11.8 Å². The lowest BCUT2D eigenvalue weighted by atomic mass is 10.2. The highest BCUT2D eigenvalue weighted by molar-refractivity contribution is 7.92. The molecule has 0 bridgehead atoms. The van der Waals surface area contributed by atoms with Crippen LogP contribution in [0.5, 0.6) is 5.75 Å².